The number of ether oxygens (including phenoxy) is 3. The van der Waals surface area contributed by atoms with Crippen molar-refractivity contribution in [3.05, 3.63) is 177 Å². The number of nitrogens with one attached hydrogen (secondary N) is 2. The fraction of sp³-hybridized carbons (Fsp3) is 0.216. The van der Waals surface area contributed by atoms with Crippen molar-refractivity contribution in [2.45, 2.75) is 40.0 Å². The molecule has 62 heavy (non-hydrogen) atoms. The largest absolute Gasteiger partial charge is 0.493 e. The average molecular weight is 872 g/mol. The molecule has 0 aliphatic carbocycles. The third-order valence-electron chi connectivity index (χ3n) is 9.81. The van der Waals surface area contributed by atoms with E-state index in [1.54, 1.807) is 84.9 Å². The molecule has 0 aromatic heterocycles. The van der Waals surface area contributed by atoms with E-state index in [4.69, 9.17) is 37.4 Å². The molecule has 9 nitrogen and oxygen atoms in total. The Morgan fingerprint density at radius 1 is 0.532 bits per heavy atom. The fourth-order valence-electron chi connectivity index (χ4n) is 6.44. The van der Waals surface area contributed by atoms with Crippen molar-refractivity contribution in [1.29, 1.82) is 0 Å². The summed E-state index contributed by atoms with van der Waals surface area (Å²) >= 11 is 12.3. The molecule has 0 saturated carbocycles. The van der Waals surface area contributed by atoms with Gasteiger partial charge in [-0.05, 0) is 119 Å². The van der Waals surface area contributed by atoms with Crippen LogP contribution in [0.5, 0.6) is 11.5 Å². The minimum atomic E-state index is -0.746. The van der Waals surface area contributed by atoms with Crippen LogP contribution in [0.15, 0.2) is 133 Å². The monoisotopic (exact) mass is 870 g/mol. The van der Waals surface area contributed by atoms with Gasteiger partial charge in [-0.3, -0.25) is 9.59 Å². The molecule has 0 bridgehead atoms. The highest BCUT2D eigenvalue weighted by molar-refractivity contribution is 6.31. The minimum Gasteiger partial charge on any atom is -0.493 e. The van der Waals surface area contributed by atoms with Crippen LogP contribution in [-0.4, -0.2) is 50.1 Å². The van der Waals surface area contributed by atoms with E-state index in [1.807, 2.05) is 69.3 Å². The predicted molar refractivity (Wildman–Crippen MR) is 245 cm³/mol. The molecule has 0 aliphatic rings. The molecule has 0 saturated heterocycles. The van der Waals surface area contributed by atoms with Gasteiger partial charge < -0.3 is 24.8 Å². The minimum absolute atomic E-state index is 0.247. The fourth-order valence-corrected chi connectivity index (χ4v) is 6.78. The molecule has 318 valence electrons. The van der Waals surface area contributed by atoms with Gasteiger partial charge in [0, 0.05) is 23.1 Å². The Morgan fingerprint density at radius 2 is 0.919 bits per heavy atom. The highest BCUT2D eigenvalue weighted by Gasteiger charge is 2.17. The summed E-state index contributed by atoms with van der Waals surface area (Å²) in [6.45, 7) is 7.94. The summed E-state index contributed by atoms with van der Waals surface area (Å²) in [6.07, 6.45) is 2.07. The quantitative estimate of drug-likeness (QED) is 0.0652. The Bertz CT molecular complexity index is 2490. The standard InChI is InChI=1S/C51H48Cl2N2O7/c1-4-29-60-46-23-21-42(52)30-44(46)48(56)54-27-25-34-5-9-36(10-6-34)38-13-17-40(18-14-38)50(58)62-51(59)41-19-15-39(16-20-41)37-11-7-35(8-12-37)26-28-55-49(57)45-31-43(53)22-24-47(45)61-32-33(2)3/h5-24,30-31,33H,4,25-29,32H2,1-3H3,(H,54,56)(H,55,57). The molecule has 0 spiro atoms. The first-order valence-electron chi connectivity index (χ1n) is 20.5. The number of benzene rings is 6. The van der Waals surface area contributed by atoms with Crippen LogP contribution in [0.2, 0.25) is 10.0 Å². The van der Waals surface area contributed by atoms with Crippen LogP contribution < -0.4 is 20.1 Å². The molecule has 6 aromatic carbocycles. The van der Waals surface area contributed by atoms with Crippen molar-refractivity contribution in [3.63, 3.8) is 0 Å². The van der Waals surface area contributed by atoms with Gasteiger partial charge >= 0.3 is 11.9 Å². The van der Waals surface area contributed by atoms with Crippen molar-refractivity contribution in [2.75, 3.05) is 26.3 Å². The van der Waals surface area contributed by atoms with E-state index < -0.39 is 11.9 Å². The maximum absolute atomic E-state index is 12.9. The number of hydrogen-bond acceptors (Lipinski definition) is 7. The van der Waals surface area contributed by atoms with Crippen molar-refractivity contribution in [2.24, 2.45) is 5.92 Å². The lowest BCUT2D eigenvalue weighted by atomic mass is 10.0. The van der Waals surface area contributed by atoms with Crippen LogP contribution in [0.3, 0.4) is 0 Å². The van der Waals surface area contributed by atoms with Gasteiger partial charge in [-0.15, -0.1) is 0 Å². The Kier molecular flexibility index (Phi) is 15.9. The van der Waals surface area contributed by atoms with Crippen molar-refractivity contribution in [1.82, 2.24) is 10.6 Å². The summed E-state index contributed by atoms with van der Waals surface area (Å²) in [7, 11) is 0. The molecule has 6 aromatic rings. The number of carbonyl (C=O) groups is 4. The number of carbonyl (C=O) groups excluding carboxylic acids is 4. The van der Waals surface area contributed by atoms with Gasteiger partial charge in [-0.2, -0.15) is 0 Å². The lowest BCUT2D eigenvalue weighted by Gasteiger charge is -2.14. The van der Waals surface area contributed by atoms with E-state index in [0.29, 0.717) is 77.7 Å². The molecule has 0 fully saturated rings. The second kappa shape index (κ2) is 21.9. The molecule has 2 N–H and O–H groups in total. The summed E-state index contributed by atoms with van der Waals surface area (Å²) < 4.78 is 16.7. The highest BCUT2D eigenvalue weighted by Crippen LogP contribution is 2.26. The van der Waals surface area contributed by atoms with Gasteiger partial charge in [0.05, 0.1) is 35.5 Å². The predicted octanol–water partition coefficient (Wildman–Crippen LogP) is 11.1. The normalized spacial score (nSPS) is 10.9. The Hall–Kier alpha value is -6.42. The highest BCUT2D eigenvalue weighted by atomic mass is 35.5. The molecule has 0 unspecified atom stereocenters. The average Bonchev–Trinajstić information content (AvgIpc) is 3.28. The van der Waals surface area contributed by atoms with E-state index in [2.05, 4.69) is 10.6 Å². The first kappa shape index (κ1) is 45.1. The van der Waals surface area contributed by atoms with Gasteiger partial charge in [-0.1, -0.05) is 117 Å². The Balaban J connectivity index is 0.950. The molecule has 0 atom stereocenters. The summed E-state index contributed by atoms with van der Waals surface area (Å²) in [6, 6.07) is 39.7. The van der Waals surface area contributed by atoms with E-state index in [1.165, 1.54) is 0 Å². The molecular formula is C51H48Cl2N2O7. The zero-order valence-corrected chi connectivity index (χ0v) is 36.4. The van der Waals surface area contributed by atoms with Crippen molar-refractivity contribution >= 4 is 47.0 Å². The number of rotatable bonds is 18. The zero-order chi connectivity index (χ0) is 44.0. The first-order chi connectivity index (χ1) is 30.0. The number of hydrogen-bond donors (Lipinski definition) is 2. The van der Waals surface area contributed by atoms with E-state index in [9.17, 15) is 19.2 Å². The van der Waals surface area contributed by atoms with Gasteiger partial charge in [-0.25, -0.2) is 9.59 Å². The van der Waals surface area contributed by atoms with Gasteiger partial charge in [0.2, 0.25) is 0 Å². The lowest BCUT2D eigenvalue weighted by Crippen LogP contribution is -2.26. The number of amides is 2. The maximum Gasteiger partial charge on any atom is 0.346 e. The zero-order valence-electron chi connectivity index (χ0n) is 34.8. The van der Waals surface area contributed by atoms with Crippen LogP contribution in [-0.2, 0) is 17.6 Å². The molecule has 11 heteroatoms. The molecule has 0 aliphatic heterocycles. The van der Waals surface area contributed by atoms with E-state index in [0.717, 1.165) is 39.8 Å². The van der Waals surface area contributed by atoms with Crippen LogP contribution in [0.25, 0.3) is 22.3 Å². The van der Waals surface area contributed by atoms with Crippen molar-refractivity contribution < 1.29 is 33.4 Å². The second-order valence-corrected chi connectivity index (χ2v) is 15.9. The van der Waals surface area contributed by atoms with E-state index in [-0.39, 0.29) is 22.9 Å². The van der Waals surface area contributed by atoms with Crippen LogP contribution >= 0.6 is 23.2 Å². The van der Waals surface area contributed by atoms with Crippen LogP contribution in [0, 0.1) is 5.92 Å². The Morgan fingerprint density at radius 3 is 1.31 bits per heavy atom. The summed E-state index contributed by atoms with van der Waals surface area (Å²) in [5.74, 6) is -0.667. The molecule has 0 radical (unpaired) electrons. The molecule has 0 heterocycles. The summed E-state index contributed by atoms with van der Waals surface area (Å²) in [5.41, 5.74) is 7.05. The summed E-state index contributed by atoms with van der Waals surface area (Å²) in [4.78, 5) is 51.6. The molecular weight excluding hydrogens is 823 g/mol. The van der Waals surface area contributed by atoms with Gasteiger partial charge in [0.15, 0.2) is 0 Å². The van der Waals surface area contributed by atoms with Crippen molar-refractivity contribution in [3.8, 4) is 33.8 Å². The second-order valence-electron chi connectivity index (χ2n) is 15.1. The van der Waals surface area contributed by atoms with Crippen LogP contribution in [0.4, 0.5) is 0 Å². The maximum atomic E-state index is 12.9. The number of halogens is 2. The SMILES string of the molecule is CCCOc1ccc(Cl)cc1C(=O)NCCc1ccc(-c2ccc(C(=O)OC(=O)c3ccc(-c4ccc(CCNC(=O)c5cc(Cl)ccc5OCC(C)C)cc4)cc3)cc2)cc1. The summed E-state index contributed by atoms with van der Waals surface area (Å²) in [5, 5.41) is 6.83. The lowest BCUT2D eigenvalue weighted by molar-refractivity contribution is 0.0397. The molecule has 2 amide bonds. The third kappa shape index (κ3) is 12.6. The Labute approximate surface area is 372 Å². The molecule has 6 rings (SSSR count). The smallest absolute Gasteiger partial charge is 0.346 e. The van der Waals surface area contributed by atoms with Gasteiger partial charge in [0.25, 0.3) is 11.8 Å². The van der Waals surface area contributed by atoms with Gasteiger partial charge in [0.1, 0.15) is 11.5 Å². The van der Waals surface area contributed by atoms with Crippen LogP contribution in [0.1, 0.15) is 79.8 Å². The third-order valence-corrected chi connectivity index (χ3v) is 10.3. The number of esters is 2. The first-order valence-corrected chi connectivity index (χ1v) is 21.3. The topological polar surface area (TPSA) is 120 Å². The van der Waals surface area contributed by atoms with E-state index >= 15 is 0 Å².